The highest BCUT2D eigenvalue weighted by molar-refractivity contribution is 5.29. The molecule has 3 atom stereocenters. The molecule has 1 N–H and O–H groups in total. The molecule has 0 aromatic heterocycles. The Bertz CT molecular complexity index is 378. The summed E-state index contributed by atoms with van der Waals surface area (Å²) >= 11 is 0. The standard InChI is InChI=1S/C13H17FO2/c1-8-5-6-16-13(8)12(15)11-4-3-10(14)7-9(11)2/h3-4,7-8,12-13,15H,5-6H2,1-2H3. The predicted molar refractivity (Wildman–Crippen MR) is 59.6 cm³/mol. The van der Waals surface area contributed by atoms with Crippen molar-refractivity contribution in [3.8, 4) is 0 Å². The number of hydrogen-bond donors (Lipinski definition) is 1. The number of aliphatic hydroxyl groups excluding tert-OH is 1. The van der Waals surface area contributed by atoms with Crippen LogP contribution in [-0.2, 0) is 4.74 Å². The molecular weight excluding hydrogens is 207 g/mol. The van der Waals surface area contributed by atoms with Crippen molar-refractivity contribution in [1.29, 1.82) is 0 Å². The summed E-state index contributed by atoms with van der Waals surface area (Å²) in [5.74, 6) is 0.0771. The highest BCUT2D eigenvalue weighted by Gasteiger charge is 2.32. The zero-order valence-electron chi connectivity index (χ0n) is 9.61. The van der Waals surface area contributed by atoms with Crippen LogP contribution in [0.5, 0.6) is 0 Å². The highest BCUT2D eigenvalue weighted by Crippen LogP contribution is 2.32. The third-order valence-electron chi connectivity index (χ3n) is 3.31. The second-order valence-corrected chi connectivity index (χ2v) is 4.55. The van der Waals surface area contributed by atoms with E-state index in [2.05, 4.69) is 6.92 Å². The molecule has 2 nitrogen and oxygen atoms in total. The van der Waals surface area contributed by atoms with Crippen LogP contribution in [-0.4, -0.2) is 17.8 Å². The maximum Gasteiger partial charge on any atom is 0.123 e. The van der Waals surface area contributed by atoms with E-state index in [0.29, 0.717) is 12.5 Å². The van der Waals surface area contributed by atoms with E-state index < -0.39 is 6.10 Å². The monoisotopic (exact) mass is 224 g/mol. The lowest BCUT2D eigenvalue weighted by molar-refractivity contribution is -0.0181. The van der Waals surface area contributed by atoms with Crippen molar-refractivity contribution >= 4 is 0 Å². The SMILES string of the molecule is Cc1cc(F)ccc1C(O)C1OCCC1C. The number of aliphatic hydroxyl groups is 1. The fourth-order valence-corrected chi connectivity index (χ4v) is 2.27. The van der Waals surface area contributed by atoms with Gasteiger partial charge in [-0.25, -0.2) is 4.39 Å². The van der Waals surface area contributed by atoms with Gasteiger partial charge in [0.1, 0.15) is 11.9 Å². The first kappa shape index (κ1) is 11.6. The van der Waals surface area contributed by atoms with Gasteiger partial charge in [0.05, 0.1) is 6.10 Å². The summed E-state index contributed by atoms with van der Waals surface area (Å²) in [6, 6.07) is 4.47. The molecule has 0 aliphatic carbocycles. The molecule has 2 rings (SSSR count). The second kappa shape index (κ2) is 4.52. The van der Waals surface area contributed by atoms with Gasteiger partial charge >= 0.3 is 0 Å². The first-order chi connectivity index (χ1) is 7.59. The molecule has 1 fully saturated rings. The lowest BCUT2D eigenvalue weighted by atomic mass is 9.92. The smallest absolute Gasteiger partial charge is 0.123 e. The Kier molecular flexibility index (Phi) is 3.26. The molecule has 88 valence electrons. The minimum Gasteiger partial charge on any atom is -0.386 e. The fourth-order valence-electron chi connectivity index (χ4n) is 2.27. The molecule has 0 bridgehead atoms. The van der Waals surface area contributed by atoms with Gasteiger partial charge < -0.3 is 9.84 Å². The Hall–Kier alpha value is -0.930. The van der Waals surface area contributed by atoms with E-state index in [1.54, 1.807) is 13.0 Å². The number of halogens is 1. The number of aryl methyl sites for hydroxylation is 1. The lowest BCUT2D eigenvalue weighted by Crippen LogP contribution is -2.23. The van der Waals surface area contributed by atoms with E-state index in [9.17, 15) is 9.50 Å². The zero-order chi connectivity index (χ0) is 11.7. The normalized spacial score (nSPS) is 27.0. The minimum atomic E-state index is -0.655. The molecule has 0 radical (unpaired) electrons. The predicted octanol–water partition coefficient (Wildman–Crippen LogP) is 2.59. The first-order valence-electron chi connectivity index (χ1n) is 5.65. The van der Waals surface area contributed by atoms with E-state index in [4.69, 9.17) is 4.74 Å². The molecule has 1 aromatic carbocycles. The Morgan fingerprint density at radius 1 is 1.50 bits per heavy atom. The zero-order valence-corrected chi connectivity index (χ0v) is 9.61. The number of benzene rings is 1. The average molecular weight is 224 g/mol. The molecule has 3 unspecified atom stereocenters. The lowest BCUT2D eigenvalue weighted by Gasteiger charge is -2.23. The summed E-state index contributed by atoms with van der Waals surface area (Å²) < 4.78 is 18.5. The van der Waals surface area contributed by atoms with Crippen LogP contribution in [0.3, 0.4) is 0 Å². The molecule has 1 saturated heterocycles. The molecule has 1 heterocycles. The Morgan fingerprint density at radius 2 is 2.25 bits per heavy atom. The molecule has 1 aliphatic heterocycles. The molecule has 0 saturated carbocycles. The molecule has 1 aliphatic rings. The van der Waals surface area contributed by atoms with Crippen molar-refractivity contribution in [3.05, 3.63) is 35.1 Å². The molecule has 0 amide bonds. The molecule has 0 spiro atoms. The van der Waals surface area contributed by atoms with Crippen LogP contribution in [0, 0.1) is 18.7 Å². The van der Waals surface area contributed by atoms with E-state index >= 15 is 0 Å². The Labute approximate surface area is 95.1 Å². The van der Waals surface area contributed by atoms with Crippen molar-refractivity contribution < 1.29 is 14.2 Å². The quantitative estimate of drug-likeness (QED) is 0.836. The van der Waals surface area contributed by atoms with E-state index in [-0.39, 0.29) is 11.9 Å². The van der Waals surface area contributed by atoms with Gasteiger partial charge in [-0.2, -0.15) is 0 Å². The van der Waals surface area contributed by atoms with E-state index in [1.807, 2.05) is 0 Å². The van der Waals surface area contributed by atoms with E-state index in [1.165, 1.54) is 12.1 Å². The summed E-state index contributed by atoms with van der Waals surface area (Å²) in [7, 11) is 0. The van der Waals surface area contributed by atoms with Crippen molar-refractivity contribution in [2.45, 2.75) is 32.5 Å². The van der Waals surface area contributed by atoms with Crippen molar-refractivity contribution in [1.82, 2.24) is 0 Å². The van der Waals surface area contributed by atoms with Crippen molar-refractivity contribution in [2.75, 3.05) is 6.61 Å². The summed E-state index contributed by atoms with van der Waals surface area (Å²) in [5, 5.41) is 10.2. The van der Waals surface area contributed by atoms with Gasteiger partial charge in [-0.05, 0) is 42.5 Å². The second-order valence-electron chi connectivity index (χ2n) is 4.55. The van der Waals surface area contributed by atoms with Crippen molar-refractivity contribution in [3.63, 3.8) is 0 Å². The minimum absolute atomic E-state index is 0.163. The maximum atomic E-state index is 13.0. The van der Waals surface area contributed by atoms with Crippen LogP contribution >= 0.6 is 0 Å². The Morgan fingerprint density at radius 3 is 2.81 bits per heavy atom. The van der Waals surface area contributed by atoms with Gasteiger partial charge in [-0.3, -0.25) is 0 Å². The topological polar surface area (TPSA) is 29.5 Å². The summed E-state index contributed by atoms with van der Waals surface area (Å²) in [6.07, 6.45) is 0.157. The average Bonchev–Trinajstić information content (AvgIpc) is 2.63. The van der Waals surface area contributed by atoms with Gasteiger partial charge in [0.25, 0.3) is 0 Å². The molecule has 3 heteroatoms. The highest BCUT2D eigenvalue weighted by atomic mass is 19.1. The van der Waals surface area contributed by atoms with Crippen LogP contribution in [0.4, 0.5) is 4.39 Å². The van der Waals surface area contributed by atoms with Gasteiger partial charge in [-0.15, -0.1) is 0 Å². The van der Waals surface area contributed by atoms with Gasteiger partial charge in [0.15, 0.2) is 0 Å². The van der Waals surface area contributed by atoms with Crippen LogP contribution in [0.1, 0.15) is 30.6 Å². The largest absolute Gasteiger partial charge is 0.386 e. The van der Waals surface area contributed by atoms with Crippen LogP contribution in [0.15, 0.2) is 18.2 Å². The van der Waals surface area contributed by atoms with E-state index in [0.717, 1.165) is 17.5 Å². The molecule has 1 aromatic rings. The van der Waals surface area contributed by atoms with Gasteiger partial charge in [0.2, 0.25) is 0 Å². The third kappa shape index (κ3) is 2.11. The number of hydrogen-bond acceptors (Lipinski definition) is 2. The summed E-state index contributed by atoms with van der Waals surface area (Å²) in [6.45, 7) is 4.57. The van der Waals surface area contributed by atoms with Crippen LogP contribution in [0.25, 0.3) is 0 Å². The Balaban J connectivity index is 2.23. The van der Waals surface area contributed by atoms with Gasteiger partial charge in [-0.1, -0.05) is 13.0 Å². The summed E-state index contributed by atoms with van der Waals surface area (Å²) in [5.41, 5.74) is 1.54. The fraction of sp³-hybridized carbons (Fsp3) is 0.538. The number of rotatable bonds is 2. The number of ether oxygens (including phenoxy) is 1. The third-order valence-corrected chi connectivity index (χ3v) is 3.31. The van der Waals surface area contributed by atoms with Crippen LogP contribution in [0.2, 0.25) is 0 Å². The maximum absolute atomic E-state index is 13.0. The van der Waals surface area contributed by atoms with Crippen LogP contribution < -0.4 is 0 Å². The molecular formula is C13H17FO2. The summed E-state index contributed by atoms with van der Waals surface area (Å²) in [4.78, 5) is 0. The molecule has 16 heavy (non-hydrogen) atoms. The van der Waals surface area contributed by atoms with Crippen molar-refractivity contribution in [2.24, 2.45) is 5.92 Å². The van der Waals surface area contributed by atoms with Gasteiger partial charge in [0, 0.05) is 6.61 Å². The first-order valence-corrected chi connectivity index (χ1v) is 5.65.